The van der Waals surface area contributed by atoms with Crippen LogP contribution in [0.2, 0.25) is 5.02 Å². The van der Waals surface area contributed by atoms with Gasteiger partial charge >= 0.3 is 0 Å². The minimum absolute atomic E-state index is 0.363. The molecule has 1 fully saturated rings. The molecule has 0 aromatic heterocycles. The van der Waals surface area contributed by atoms with Crippen LogP contribution in [-0.2, 0) is 0 Å². The lowest BCUT2D eigenvalue weighted by molar-refractivity contribution is 0.638. The lowest BCUT2D eigenvalue weighted by atomic mass is 10.1. The van der Waals surface area contributed by atoms with Crippen molar-refractivity contribution in [3.63, 3.8) is 0 Å². The molecular weight excluding hydrogens is 252 g/mol. The van der Waals surface area contributed by atoms with Gasteiger partial charge in [0.25, 0.3) is 0 Å². The highest BCUT2D eigenvalue weighted by atomic mass is 35.5. The van der Waals surface area contributed by atoms with E-state index in [1.165, 1.54) is 6.42 Å². The first kappa shape index (κ1) is 12.9. The van der Waals surface area contributed by atoms with Crippen LogP contribution in [-0.4, -0.2) is 23.6 Å². The van der Waals surface area contributed by atoms with Crippen molar-refractivity contribution >= 4 is 34.7 Å². The molecule has 0 spiro atoms. The Morgan fingerprint density at radius 3 is 2.88 bits per heavy atom. The molecule has 0 amide bonds. The number of hydrogen-bond donors (Lipinski definition) is 1. The van der Waals surface area contributed by atoms with E-state index in [-0.39, 0.29) is 0 Å². The molecule has 2 N–H and O–H groups in total. The molecule has 1 saturated heterocycles. The lowest BCUT2D eigenvalue weighted by Gasteiger charge is -2.25. The van der Waals surface area contributed by atoms with E-state index >= 15 is 0 Å². The summed E-state index contributed by atoms with van der Waals surface area (Å²) in [5.41, 5.74) is 7.84. The highest BCUT2D eigenvalue weighted by Gasteiger charge is 2.24. The van der Waals surface area contributed by atoms with E-state index in [9.17, 15) is 0 Å². The van der Waals surface area contributed by atoms with E-state index in [0.717, 1.165) is 24.5 Å². The van der Waals surface area contributed by atoms with Crippen LogP contribution in [0.25, 0.3) is 0 Å². The van der Waals surface area contributed by atoms with E-state index in [1.54, 1.807) is 0 Å². The minimum Gasteiger partial charge on any atom is -0.396 e. The monoisotopic (exact) mass is 270 g/mol. The van der Waals surface area contributed by atoms with Gasteiger partial charge in [0.1, 0.15) is 0 Å². The molecule has 4 heteroatoms. The Bertz CT molecular complexity index is 406. The maximum Gasteiger partial charge on any atom is 0.0741 e. The van der Waals surface area contributed by atoms with E-state index in [4.69, 9.17) is 17.3 Å². The van der Waals surface area contributed by atoms with Gasteiger partial charge in [-0.25, -0.2) is 0 Å². The molecule has 0 aliphatic carbocycles. The number of nitrogen functional groups attached to an aromatic ring is 1. The summed E-state index contributed by atoms with van der Waals surface area (Å²) in [5, 5.41) is 0.652. The molecule has 2 nitrogen and oxygen atoms in total. The maximum absolute atomic E-state index is 6.07. The third-order valence-corrected chi connectivity index (χ3v) is 4.91. The summed E-state index contributed by atoms with van der Waals surface area (Å²) >= 11 is 8.11. The zero-order chi connectivity index (χ0) is 12.5. The fourth-order valence-corrected chi connectivity index (χ4v) is 3.33. The van der Waals surface area contributed by atoms with Gasteiger partial charge in [-0.15, -0.1) is 0 Å². The third kappa shape index (κ3) is 3.02. The van der Waals surface area contributed by atoms with Crippen LogP contribution >= 0.6 is 23.4 Å². The highest BCUT2D eigenvalue weighted by Crippen LogP contribution is 2.35. The normalized spacial score (nSPS) is 20.1. The molecule has 94 valence electrons. The summed E-state index contributed by atoms with van der Waals surface area (Å²) in [6.45, 7) is 6.70. The number of hydrogen-bond acceptors (Lipinski definition) is 3. The van der Waals surface area contributed by atoms with Gasteiger partial charge in [0, 0.05) is 23.6 Å². The molecule has 1 aromatic carbocycles. The molecular formula is C13H19ClN2S. The average Bonchev–Trinajstić information content (AvgIpc) is 2.44. The predicted molar refractivity (Wildman–Crippen MR) is 79.2 cm³/mol. The molecule has 2 rings (SSSR count). The van der Waals surface area contributed by atoms with E-state index in [1.807, 2.05) is 23.9 Å². The number of halogens is 1. The smallest absolute Gasteiger partial charge is 0.0741 e. The second-order valence-corrected chi connectivity index (χ2v) is 7.23. The first-order valence-electron chi connectivity index (χ1n) is 5.92. The second-order valence-electron chi connectivity index (χ2n) is 5.02. The first-order chi connectivity index (χ1) is 7.99. The van der Waals surface area contributed by atoms with Gasteiger partial charge in [0.2, 0.25) is 0 Å². The van der Waals surface area contributed by atoms with Crippen LogP contribution in [0.4, 0.5) is 11.4 Å². The number of nitrogens with two attached hydrogens (primary N) is 1. The minimum atomic E-state index is 0.363. The van der Waals surface area contributed by atoms with Crippen LogP contribution in [0.15, 0.2) is 18.2 Å². The van der Waals surface area contributed by atoms with Gasteiger partial charge in [-0.1, -0.05) is 31.5 Å². The van der Waals surface area contributed by atoms with Crippen molar-refractivity contribution in [2.75, 3.05) is 29.5 Å². The van der Waals surface area contributed by atoms with Crippen molar-refractivity contribution in [2.45, 2.75) is 25.0 Å². The van der Waals surface area contributed by atoms with Gasteiger partial charge in [0.15, 0.2) is 0 Å². The maximum atomic E-state index is 6.07. The van der Waals surface area contributed by atoms with Crippen molar-refractivity contribution in [3.05, 3.63) is 23.2 Å². The molecule has 0 bridgehead atoms. The van der Waals surface area contributed by atoms with Crippen LogP contribution in [0.3, 0.4) is 0 Å². The van der Waals surface area contributed by atoms with Crippen LogP contribution in [0, 0.1) is 0 Å². The summed E-state index contributed by atoms with van der Waals surface area (Å²) in [6, 6.07) is 5.87. The summed E-state index contributed by atoms with van der Waals surface area (Å²) in [5.74, 6) is 1.14. The molecule has 0 atom stereocenters. The number of thioether (sulfide) groups is 1. The largest absolute Gasteiger partial charge is 0.396 e. The van der Waals surface area contributed by atoms with Crippen molar-refractivity contribution in [1.29, 1.82) is 0 Å². The van der Waals surface area contributed by atoms with Gasteiger partial charge in [-0.05, 0) is 18.6 Å². The number of anilines is 2. The molecule has 1 aromatic rings. The fraction of sp³-hybridized carbons (Fsp3) is 0.538. The fourth-order valence-electron chi connectivity index (χ4n) is 2.06. The average molecular weight is 271 g/mol. The second kappa shape index (κ2) is 4.99. The summed E-state index contributed by atoms with van der Waals surface area (Å²) in [4.78, 5) is 2.35. The number of nitrogens with zero attached hydrogens (tertiary/aromatic N) is 1. The van der Waals surface area contributed by atoms with Crippen molar-refractivity contribution in [1.82, 2.24) is 0 Å². The number of rotatable bonds is 1. The Kier molecular flexibility index (Phi) is 3.79. The Labute approximate surface area is 113 Å². The predicted octanol–water partition coefficient (Wildman–Crippen LogP) is 3.64. The number of benzene rings is 1. The summed E-state index contributed by atoms with van der Waals surface area (Å²) < 4.78 is 0.363. The molecule has 0 saturated carbocycles. The van der Waals surface area contributed by atoms with Gasteiger partial charge in [-0.3, -0.25) is 0 Å². The quantitative estimate of drug-likeness (QED) is 0.790. The zero-order valence-corrected chi connectivity index (χ0v) is 11.9. The molecule has 17 heavy (non-hydrogen) atoms. The lowest BCUT2D eigenvalue weighted by Crippen LogP contribution is -2.27. The van der Waals surface area contributed by atoms with Crippen molar-refractivity contribution in [3.8, 4) is 0 Å². The van der Waals surface area contributed by atoms with Gasteiger partial charge in [-0.2, -0.15) is 11.8 Å². The summed E-state index contributed by atoms with van der Waals surface area (Å²) in [6.07, 6.45) is 1.17. The molecule has 1 heterocycles. The van der Waals surface area contributed by atoms with Crippen LogP contribution in [0.5, 0.6) is 0 Å². The van der Waals surface area contributed by atoms with Gasteiger partial charge in [0.05, 0.1) is 16.4 Å². The van der Waals surface area contributed by atoms with E-state index in [2.05, 4.69) is 24.8 Å². The molecule has 0 unspecified atom stereocenters. The number of para-hydroxylation sites is 1. The Morgan fingerprint density at radius 2 is 2.12 bits per heavy atom. The topological polar surface area (TPSA) is 29.3 Å². The molecule has 1 aliphatic rings. The van der Waals surface area contributed by atoms with E-state index in [0.29, 0.717) is 15.5 Å². The van der Waals surface area contributed by atoms with Crippen LogP contribution < -0.4 is 10.6 Å². The first-order valence-corrected chi connectivity index (χ1v) is 7.29. The Balaban J connectivity index is 2.20. The van der Waals surface area contributed by atoms with Crippen molar-refractivity contribution < 1.29 is 0 Å². The van der Waals surface area contributed by atoms with Crippen molar-refractivity contribution in [2.24, 2.45) is 0 Å². The SMILES string of the molecule is CC1(C)CCN(c2cccc(Cl)c2N)CCS1. The van der Waals surface area contributed by atoms with Gasteiger partial charge < -0.3 is 10.6 Å². The zero-order valence-electron chi connectivity index (χ0n) is 10.4. The molecule has 0 radical (unpaired) electrons. The highest BCUT2D eigenvalue weighted by molar-refractivity contribution is 8.00. The van der Waals surface area contributed by atoms with E-state index < -0.39 is 0 Å². The van der Waals surface area contributed by atoms with Crippen LogP contribution in [0.1, 0.15) is 20.3 Å². The summed E-state index contributed by atoms with van der Waals surface area (Å²) in [7, 11) is 0. The standard InChI is InChI=1S/C13H19ClN2S/c1-13(2)6-7-16(8-9-17-13)11-5-3-4-10(14)12(11)15/h3-5H,6-9,15H2,1-2H3. The molecule has 1 aliphatic heterocycles. The Morgan fingerprint density at radius 1 is 1.35 bits per heavy atom. The Hall–Kier alpha value is -0.540. The third-order valence-electron chi connectivity index (χ3n) is 3.21.